The van der Waals surface area contributed by atoms with E-state index in [-0.39, 0.29) is 5.91 Å². The minimum atomic E-state index is -0.276. The van der Waals surface area contributed by atoms with Crippen molar-refractivity contribution in [1.82, 2.24) is 5.43 Å². The molecule has 146 valence electrons. The maximum Gasteiger partial charge on any atom is 0.271 e. The molecule has 0 radical (unpaired) electrons. The van der Waals surface area contributed by atoms with Crippen LogP contribution in [0.25, 0.3) is 6.08 Å². The molecule has 0 atom stereocenters. The molecule has 0 unspecified atom stereocenters. The van der Waals surface area contributed by atoms with E-state index < -0.39 is 0 Å². The van der Waals surface area contributed by atoms with E-state index in [2.05, 4.69) is 10.5 Å². The van der Waals surface area contributed by atoms with Crippen molar-refractivity contribution in [2.24, 2.45) is 5.10 Å². The maximum atomic E-state index is 12.3. The zero-order valence-corrected chi connectivity index (χ0v) is 16.8. The van der Waals surface area contributed by atoms with E-state index in [9.17, 15) is 4.79 Å². The fourth-order valence-corrected chi connectivity index (χ4v) is 2.60. The van der Waals surface area contributed by atoms with Crippen molar-refractivity contribution in [2.75, 3.05) is 0 Å². The Morgan fingerprint density at radius 3 is 2.38 bits per heavy atom. The minimum absolute atomic E-state index is 0.276. The quantitative estimate of drug-likeness (QED) is 0.403. The minimum Gasteiger partial charge on any atom is -0.489 e. The number of nitrogens with one attached hydrogen (secondary N) is 1. The molecule has 0 bridgehead atoms. The highest BCUT2D eigenvalue weighted by Gasteiger charge is 2.05. The van der Waals surface area contributed by atoms with Gasteiger partial charge in [-0.25, -0.2) is 5.43 Å². The number of hydrogen-bond acceptors (Lipinski definition) is 3. The van der Waals surface area contributed by atoms with E-state index in [0.29, 0.717) is 28.7 Å². The van der Waals surface area contributed by atoms with Gasteiger partial charge in [0.1, 0.15) is 12.4 Å². The number of rotatable bonds is 7. The van der Waals surface area contributed by atoms with E-state index in [4.69, 9.17) is 16.3 Å². The lowest BCUT2D eigenvalue weighted by atomic mass is 10.2. The third kappa shape index (κ3) is 6.63. The molecule has 0 aromatic heterocycles. The number of halogens is 1. The van der Waals surface area contributed by atoms with Crippen molar-refractivity contribution in [3.05, 3.63) is 107 Å². The van der Waals surface area contributed by atoms with E-state index in [1.807, 2.05) is 73.7 Å². The van der Waals surface area contributed by atoms with Gasteiger partial charge in [0.05, 0.1) is 5.71 Å². The van der Waals surface area contributed by atoms with Gasteiger partial charge in [0.15, 0.2) is 0 Å². The van der Waals surface area contributed by atoms with Gasteiger partial charge in [-0.05, 0) is 60.5 Å². The Kier molecular flexibility index (Phi) is 7.20. The number of hydrogen-bond donors (Lipinski definition) is 1. The highest BCUT2D eigenvalue weighted by molar-refractivity contribution is 6.30. The summed E-state index contributed by atoms with van der Waals surface area (Å²) < 4.78 is 5.73. The van der Waals surface area contributed by atoms with Crippen LogP contribution in [0.1, 0.15) is 28.4 Å². The van der Waals surface area contributed by atoms with Crippen molar-refractivity contribution < 1.29 is 9.53 Å². The molecule has 29 heavy (non-hydrogen) atoms. The van der Waals surface area contributed by atoms with Gasteiger partial charge in [-0.1, -0.05) is 60.1 Å². The molecule has 3 aromatic rings. The molecule has 0 aliphatic rings. The Balaban J connectivity index is 1.51. The fourth-order valence-electron chi connectivity index (χ4n) is 2.47. The summed E-state index contributed by atoms with van der Waals surface area (Å²) in [6.45, 7) is 2.26. The Bertz CT molecular complexity index is 995. The Morgan fingerprint density at radius 1 is 1.00 bits per heavy atom. The standard InChI is InChI=1S/C24H21ClN2O2/c1-18(7-8-19-5-3-2-4-6-19)26-27-24(28)21-11-15-23(16-12-21)29-17-20-9-13-22(25)14-10-20/h2-16H,17H2,1H3,(H,27,28)/b8-7+,26-18-. The van der Waals surface area contributed by atoms with Crippen molar-refractivity contribution in [3.63, 3.8) is 0 Å². The summed E-state index contributed by atoms with van der Waals surface area (Å²) in [6.07, 6.45) is 3.79. The number of carbonyl (C=O) groups excluding carboxylic acids is 1. The Hall–Kier alpha value is -3.37. The van der Waals surface area contributed by atoms with Crippen molar-refractivity contribution in [2.45, 2.75) is 13.5 Å². The van der Waals surface area contributed by atoms with Crippen LogP contribution in [0.4, 0.5) is 0 Å². The second-order valence-corrected chi connectivity index (χ2v) is 6.81. The van der Waals surface area contributed by atoms with E-state index >= 15 is 0 Å². The second-order valence-electron chi connectivity index (χ2n) is 6.38. The van der Waals surface area contributed by atoms with Crippen LogP contribution in [-0.4, -0.2) is 11.6 Å². The largest absolute Gasteiger partial charge is 0.489 e. The topological polar surface area (TPSA) is 50.7 Å². The molecule has 5 heteroatoms. The number of nitrogens with zero attached hydrogens (tertiary/aromatic N) is 1. The Morgan fingerprint density at radius 2 is 1.69 bits per heavy atom. The lowest BCUT2D eigenvalue weighted by Crippen LogP contribution is -2.18. The monoisotopic (exact) mass is 404 g/mol. The summed E-state index contributed by atoms with van der Waals surface area (Å²) in [6, 6.07) is 24.3. The first-order chi connectivity index (χ1) is 14.1. The van der Waals surface area contributed by atoms with Gasteiger partial charge < -0.3 is 4.74 Å². The summed E-state index contributed by atoms with van der Waals surface area (Å²) in [4.78, 5) is 12.3. The lowest BCUT2D eigenvalue weighted by molar-refractivity contribution is 0.0955. The average Bonchev–Trinajstić information content (AvgIpc) is 2.76. The molecule has 4 nitrogen and oxygen atoms in total. The van der Waals surface area contributed by atoms with Crippen LogP contribution in [0.3, 0.4) is 0 Å². The predicted octanol–water partition coefficient (Wildman–Crippen LogP) is 5.74. The van der Waals surface area contributed by atoms with Crippen LogP contribution in [0.5, 0.6) is 5.75 Å². The number of benzene rings is 3. The fraction of sp³-hybridized carbons (Fsp3) is 0.0833. The van der Waals surface area contributed by atoms with Crippen LogP contribution in [0, 0.1) is 0 Å². The van der Waals surface area contributed by atoms with Crippen molar-refractivity contribution in [1.29, 1.82) is 0 Å². The molecule has 0 heterocycles. The van der Waals surface area contributed by atoms with Crippen molar-refractivity contribution in [3.8, 4) is 5.75 Å². The molecule has 0 saturated carbocycles. The van der Waals surface area contributed by atoms with Gasteiger partial charge >= 0.3 is 0 Å². The van der Waals surface area contributed by atoms with Gasteiger partial charge in [-0.3, -0.25) is 4.79 Å². The predicted molar refractivity (Wildman–Crippen MR) is 118 cm³/mol. The van der Waals surface area contributed by atoms with Gasteiger partial charge in [-0.15, -0.1) is 0 Å². The number of hydrazone groups is 1. The highest BCUT2D eigenvalue weighted by Crippen LogP contribution is 2.16. The first kappa shape index (κ1) is 20.4. The molecule has 0 saturated heterocycles. The number of amides is 1. The molecule has 1 N–H and O–H groups in total. The molecular weight excluding hydrogens is 384 g/mol. The second kappa shape index (κ2) is 10.2. The molecule has 1 amide bonds. The van der Waals surface area contributed by atoms with Gasteiger partial charge in [0, 0.05) is 10.6 Å². The third-order valence-corrected chi connectivity index (χ3v) is 4.34. The van der Waals surface area contributed by atoms with Gasteiger partial charge in [0.25, 0.3) is 5.91 Å². The molecule has 3 rings (SSSR count). The molecule has 3 aromatic carbocycles. The van der Waals surface area contributed by atoms with Crippen LogP contribution in [0.2, 0.25) is 5.02 Å². The number of ether oxygens (including phenoxy) is 1. The molecule has 0 aliphatic heterocycles. The molecular formula is C24H21ClN2O2. The third-order valence-electron chi connectivity index (χ3n) is 4.09. The SMILES string of the molecule is CC(/C=C/c1ccccc1)=N/NC(=O)c1ccc(OCc2ccc(Cl)cc2)cc1. The van der Waals surface area contributed by atoms with Crippen molar-refractivity contribution >= 4 is 29.3 Å². The summed E-state index contributed by atoms with van der Waals surface area (Å²) in [5.74, 6) is 0.406. The van der Waals surface area contributed by atoms with Gasteiger partial charge in [0.2, 0.25) is 0 Å². The lowest BCUT2D eigenvalue weighted by Gasteiger charge is -2.07. The molecule has 0 spiro atoms. The Labute approximate surface area is 175 Å². The zero-order valence-electron chi connectivity index (χ0n) is 16.0. The smallest absolute Gasteiger partial charge is 0.271 e. The van der Waals surface area contributed by atoms with Crippen LogP contribution in [0.15, 0.2) is 90.0 Å². The van der Waals surface area contributed by atoms with Crippen LogP contribution >= 0.6 is 11.6 Å². The van der Waals surface area contributed by atoms with Crippen LogP contribution in [-0.2, 0) is 6.61 Å². The molecule has 0 fully saturated rings. The van der Waals surface area contributed by atoms with E-state index in [1.165, 1.54) is 0 Å². The average molecular weight is 405 g/mol. The number of allylic oxidation sites excluding steroid dienone is 1. The normalized spacial score (nSPS) is 11.4. The van der Waals surface area contributed by atoms with Gasteiger partial charge in [-0.2, -0.15) is 5.10 Å². The summed E-state index contributed by atoms with van der Waals surface area (Å²) in [5.41, 5.74) is 5.86. The highest BCUT2D eigenvalue weighted by atomic mass is 35.5. The maximum absolute atomic E-state index is 12.3. The summed E-state index contributed by atoms with van der Waals surface area (Å²) in [5, 5.41) is 4.80. The van der Waals surface area contributed by atoms with E-state index in [1.54, 1.807) is 24.3 Å². The molecule has 0 aliphatic carbocycles. The first-order valence-corrected chi connectivity index (χ1v) is 9.53. The zero-order chi connectivity index (χ0) is 20.5. The van der Waals surface area contributed by atoms with Crippen LogP contribution < -0.4 is 10.2 Å². The number of carbonyl (C=O) groups is 1. The summed E-state index contributed by atoms with van der Waals surface area (Å²) in [7, 11) is 0. The van der Waals surface area contributed by atoms with E-state index in [0.717, 1.165) is 11.1 Å². The first-order valence-electron chi connectivity index (χ1n) is 9.15. The summed E-state index contributed by atoms with van der Waals surface area (Å²) >= 11 is 5.88.